The molecule has 0 fully saturated rings. The molecule has 18 heavy (non-hydrogen) atoms. The molecular weight excluding hydrogens is 236 g/mol. The number of rotatable bonds is 5. The number of nitro groups is 1. The first-order valence-corrected chi connectivity index (χ1v) is 5.51. The molecule has 0 aliphatic rings. The van der Waals surface area contributed by atoms with Crippen LogP contribution >= 0.6 is 0 Å². The van der Waals surface area contributed by atoms with Crippen molar-refractivity contribution in [2.24, 2.45) is 0 Å². The van der Waals surface area contributed by atoms with E-state index in [1.165, 1.54) is 13.0 Å². The zero-order valence-electron chi connectivity index (χ0n) is 10.7. The highest BCUT2D eigenvalue weighted by Gasteiger charge is 2.21. The number of likely N-dealkylation sites (N-methyl/N-ethyl adjacent to an activating group) is 1. The lowest BCUT2D eigenvalue weighted by atomic mass is 10.1. The van der Waals surface area contributed by atoms with E-state index >= 15 is 0 Å². The summed E-state index contributed by atoms with van der Waals surface area (Å²) in [6, 6.07) is 4.75. The minimum absolute atomic E-state index is 0.00348. The van der Waals surface area contributed by atoms with E-state index in [4.69, 9.17) is 4.74 Å². The van der Waals surface area contributed by atoms with Crippen LogP contribution in [0.2, 0.25) is 0 Å². The van der Waals surface area contributed by atoms with E-state index < -0.39 is 10.9 Å². The Bertz CT molecular complexity index is 457. The van der Waals surface area contributed by atoms with Crippen molar-refractivity contribution < 1.29 is 14.5 Å². The Morgan fingerprint density at radius 3 is 2.61 bits per heavy atom. The summed E-state index contributed by atoms with van der Waals surface area (Å²) >= 11 is 0. The highest BCUT2D eigenvalue weighted by Crippen LogP contribution is 2.31. The minimum atomic E-state index is -0.567. The summed E-state index contributed by atoms with van der Waals surface area (Å²) in [6.45, 7) is 1.90. The SMILES string of the molecule is CC(=O)Oc1cccc(CCN(C)C)c1[N+](=O)[O-]. The van der Waals surface area contributed by atoms with E-state index in [1.54, 1.807) is 12.1 Å². The lowest BCUT2D eigenvalue weighted by molar-refractivity contribution is -0.386. The number of hydrogen-bond acceptors (Lipinski definition) is 5. The molecule has 0 saturated heterocycles. The second kappa shape index (κ2) is 6.11. The first-order valence-electron chi connectivity index (χ1n) is 5.51. The van der Waals surface area contributed by atoms with Gasteiger partial charge in [0.25, 0.3) is 0 Å². The highest BCUT2D eigenvalue weighted by molar-refractivity contribution is 5.71. The Balaban J connectivity index is 3.09. The van der Waals surface area contributed by atoms with Crippen LogP contribution in [0.5, 0.6) is 5.75 Å². The van der Waals surface area contributed by atoms with Gasteiger partial charge in [0.1, 0.15) is 0 Å². The fourth-order valence-electron chi connectivity index (χ4n) is 1.56. The number of hydrogen-bond donors (Lipinski definition) is 0. The number of nitrogens with zero attached hydrogens (tertiary/aromatic N) is 2. The van der Waals surface area contributed by atoms with E-state index in [0.717, 1.165) is 0 Å². The molecule has 1 aromatic rings. The quantitative estimate of drug-likeness (QED) is 0.344. The van der Waals surface area contributed by atoms with Crippen molar-refractivity contribution in [2.45, 2.75) is 13.3 Å². The molecule has 0 amide bonds. The fourth-order valence-corrected chi connectivity index (χ4v) is 1.56. The summed E-state index contributed by atoms with van der Waals surface area (Å²) in [5, 5.41) is 11.1. The van der Waals surface area contributed by atoms with E-state index in [2.05, 4.69) is 0 Å². The number of esters is 1. The smallest absolute Gasteiger partial charge is 0.314 e. The molecule has 1 aromatic carbocycles. The Labute approximate surface area is 105 Å². The number of para-hydroxylation sites is 1. The van der Waals surface area contributed by atoms with Gasteiger partial charge in [-0.3, -0.25) is 14.9 Å². The number of benzene rings is 1. The van der Waals surface area contributed by atoms with Gasteiger partial charge in [-0.25, -0.2) is 0 Å². The molecule has 98 valence electrons. The normalized spacial score (nSPS) is 10.4. The van der Waals surface area contributed by atoms with Gasteiger partial charge in [-0.1, -0.05) is 12.1 Å². The number of carbonyl (C=O) groups is 1. The molecule has 0 aromatic heterocycles. The van der Waals surface area contributed by atoms with E-state index in [1.807, 2.05) is 19.0 Å². The van der Waals surface area contributed by atoms with Crippen LogP contribution in [0.25, 0.3) is 0 Å². The maximum atomic E-state index is 11.1. The van der Waals surface area contributed by atoms with Crippen molar-refractivity contribution in [1.82, 2.24) is 4.90 Å². The Morgan fingerprint density at radius 2 is 2.11 bits per heavy atom. The van der Waals surface area contributed by atoms with Gasteiger partial charge >= 0.3 is 11.7 Å². The van der Waals surface area contributed by atoms with Crippen LogP contribution in [-0.4, -0.2) is 36.4 Å². The number of nitro benzene ring substituents is 1. The Kier molecular flexibility index (Phi) is 4.79. The van der Waals surface area contributed by atoms with Gasteiger partial charge in [0.15, 0.2) is 0 Å². The average molecular weight is 252 g/mol. The molecule has 6 heteroatoms. The molecule has 0 heterocycles. The van der Waals surface area contributed by atoms with Crippen molar-refractivity contribution in [1.29, 1.82) is 0 Å². The molecule has 0 atom stereocenters. The van der Waals surface area contributed by atoms with Crippen LogP contribution in [0, 0.1) is 10.1 Å². The van der Waals surface area contributed by atoms with Crippen molar-refractivity contribution in [2.75, 3.05) is 20.6 Å². The second-order valence-electron chi connectivity index (χ2n) is 4.17. The van der Waals surface area contributed by atoms with Gasteiger partial charge in [0.05, 0.1) is 4.92 Å². The zero-order chi connectivity index (χ0) is 13.7. The Morgan fingerprint density at radius 1 is 1.44 bits per heavy atom. The van der Waals surface area contributed by atoms with E-state index in [-0.39, 0.29) is 11.4 Å². The Hall–Kier alpha value is -1.95. The van der Waals surface area contributed by atoms with Crippen LogP contribution in [0.15, 0.2) is 18.2 Å². The zero-order valence-corrected chi connectivity index (χ0v) is 10.7. The molecule has 0 saturated carbocycles. The maximum Gasteiger partial charge on any atom is 0.314 e. The first kappa shape index (κ1) is 14.1. The topological polar surface area (TPSA) is 72.7 Å². The molecule has 0 unspecified atom stereocenters. The molecule has 0 bridgehead atoms. The fraction of sp³-hybridized carbons (Fsp3) is 0.417. The summed E-state index contributed by atoms with van der Waals surface area (Å²) in [4.78, 5) is 23.4. The number of ether oxygens (including phenoxy) is 1. The molecule has 0 radical (unpaired) electrons. The van der Waals surface area contributed by atoms with Gasteiger partial charge in [0.2, 0.25) is 5.75 Å². The van der Waals surface area contributed by atoms with Gasteiger partial charge in [0, 0.05) is 19.0 Å². The molecule has 0 aliphatic heterocycles. The van der Waals surface area contributed by atoms with Crippen molar-refractivity contribution in [3.05, 3.63) is 33.9 Å². The predicted molar refractivity (Wildman–Crippen MR) is 66.7 cm³/mol. The molecular formula is C12H16N2O4. The maximum absolute atomic E-state index is 11.1. The van der Waals surface area contributed by atoms with Crippen molar-refractivity contribution in [3.8, 4) is 5.75 Å². The summed E-state index contributed by atoms with van der Waals surface area (Å²) in [6.07, 6.45) is 0.526. The lowest BCUT2D eigenvalue weighted by Gasteiger charge is -2.11. The largest absolute Gasteiger partial charge is 0.419 e. The van der Waals surface area contributed by atoms with Crippen LogP contribution in [0.3, 0.4) is 0 Å². The van der Waals surface area contributed by atoms with Crippen LogP contribution in [0.1, 0.15) is 12.5 Å². The van der Waals surface area contributed by atoms with Crippen LogP contribution in [-0.2, 0) is 11.2 Å². The van der Waals surface area contributed by atoms with Gasteiger partial charge in [-0.15, -0.1) is 0 Å². The average Bonchev–Trinajstić information content (AvgIpc) is 2.25. The summed E-state index contributed by atoms with van der Waals surface area (Å²) in [5.41, 5.74) is 0.432. The lowest BCUT2D eigenvalue weighted by Crippen LogP contribution is -2.16. The summed E-state index contributed by atoms with van der Waals surface area (Å²) in [5.74, 6) is -0.563. The molecule has 6 nitrogen and oxygen atoms in total. The molecule has 0 aliphatic carbocycles. The predicted octanol–water partition coefficient (Wildman–Crippen LogP) is 1.62. The monoisotopic (exact) mass is 252 g/mol. The molecule has 0 N–H and O–H groups in total. The van der Waals surface area contributed by atoms with Gasteiger partial charge in [-0.05, 0) is 26.6 Å². The second-order valence-corrected chi connectivity index (χ2v) is 4.17. The number of carbonyl (C=O) groups excluding carboxylic acids is 1. The summed E-state index contributed by atoms with van der Waals surface area (Å²) in [7, 11) is 3.78. The minimum Gasteiger partial charge on any atom is -0.419 e. The molecule has 1 rings (SSSR count). The first-order chi connectivity index (χ1) is 8.41. The summed E-state index contributed by atoms with van der Waals surface area (Å²) < 4.78 is 4.86. The van der Waals surface area contributed by atoms with Crippen molar-refractivity contribution in [3.63, 3.8) is 0 Å². The highest BCUT2D eigenvalue weighted by atomic mass is 16.6. The third kappa shape index (κ3) is 3.81. The molecule has 0 spiro atoms. The van der Waals surface area contributed by atoms with Gasteiger partial charge in [-0.2, -0.15) is 0 Å². The standard InChI is InChI=1S/C12H16N2O4/c1-9(15)18-11-6-4-5-10(7-8-13(2)3)12(11)14(16)17/h4-6H,7-8H2,1-3H3. The van der Waals surface area contributed by atoms with Gasteiger partial charge < -0.3 is 9.64 Å². The third-order valence-corrected chi connectivity index (χ3v) is 2.35. The van der Waals surface area contributed by atoms with Crippen LogP contribution < -0.4 is 4.74 Å². The van der Waals surface area contributed by atoms with Crippen molar-refractivity contribution >= 4 is 11.7 Å². The van der Waals surface area contributed by atoms with E-state index in [0.29, 0.717) is 18.5 Å². The van der Waals surface area contributed by atoms with Crippen LogP contribution in [0.4, 0.5) is 5.69 Å². The van der Waals surface area contributed by atoms with E-state index in [9.17, 15) is 14.9 Å². The third-order valence-electron chi connectivity index (χ3n) is 2.35.